The number of carbonyl (C=O) groups excluding carboxylic acids is 1. The van der Waals surface area contributed by atoms with E-state index in [2.05, 4.69) is 5.32 Å². The van der Waals surface area contributed by atoms with Gasteiger partial charge in [-0.25, -0.2) is 0 Å². The van der Waals surface area contributed by atoms with Crippen LogP contribution in [0.15, 0.2) is 42.5 Å². The Balaban J connectivity index is 2.14. The molecule has 5 heteroatoms. The van der Waals surface area contributed by atoms with E-state index in [1.54, 1.807) is 18.2 Å². The molecule has 1 N–H and O–H groups in total. The van der Waals surface area contributed by atoms with Gasteiger partial charge in [-0.1, -0.05) is 0 Å². The molecule has 0 fully saturated rings. The van der Waals surface area contributed by atoms with Gasteiger partial charge in [-0.2, -0.15) is 0 Å². The standard InChI is InChI=1S/C20H25NO4/c1-5-23-17-11-12-18(19(13-17)24-6-2)20(22)21-15-7-9-16(10-8-15)25-14(3)4/h7-14H,5-6H2,1-4H3,(H,21,22). The molecule has 2 aromatic rings. The van der Waals surface area contributed by atoms with Crippen molar-refractivity contribution < 1.29 is 19.0 Å². The predicted molar refractivity (Wildman–Crippen MR) is 98.9 cm³/mol. The second-order valence-corrected chi connectivity index (χ2v) is 5.67. The van der Waals surface area contributed by atoms with Crippen LogP contribution in [0.25, 0.3) is 0 Å². The molecule has 0 aliphatic rings. The fourth-order valence-electron chi connectivity index (χ4n) is 2.31. The number of hydrogen-bond donors (Lipinski definition) is 1. The van der Waals surface area contributed by atoms with E-state index >= 15 is 0 Å². The Kier molecular flexibility index (Phi) is 6.69. The van der Waals surface area contributed by atoms with Crippen LogP contribution in [-0.4, -0.2) is 25.2 Å². The van der Waals surface area contributed by atoms with Crippen LogP contribution in [0, 0.1) is 0 Å². The molecule has 0 heterocycles. The zero-order valence-corrected chi connectivity index (χ0v) is 15.2. The maximum absolute atomic E-state index is 12.6. The van der Waals surface area contributed by atoms with E-state index < -0.39 is 0 Å². The predicted octanol–water partition coefficient (Wildman–Crippen LogP) is 4.52. The van der Waals surface area contributed by atoms with Crippen molar-refractivity contribution in [1.82, 2.24) is 0 Å². The Morgan fingerprint density at radius 3 is 2.20 bits per heavy atom. The Morgan fingerprint density at radius 1 is 0.960 bits per heavy atom. The molecule has 25 heavy (non-hydrogen) atoms. The summed E-state index contributed by atoms with van der Waals surface area (Å²) in [6.45, 7) is 8.75. The van der Waals surface area contributed by atoms with Crippen LogP contribution in [-0.2, 0) is 0 Å². The molecule has 1 amide bonds. The van der Waals surface area contributed by atoms with Crippen LogP contribution in [0.1, 0.15) is 38.1 Å². The van der Waals surface area contributed by atoms with Crippen molar-refractivity contribution in [2.75, 3.05) is 18.5 Å². The van der Waals surface area contributed by atoms with Crippen molar-refractivity contribution in [3.05, 3.63) is 48.0 Å². The highest BCUT2D eigenvalue weighted by atomic mass is 16.5. The number of benzene rings is 2. The zero-order valence-electron chi connectivity index (χ0n) is 15.2. The summed E-state index contributed by atoms with van der Waals surface area (Å²) in [5.41, 5.74) is 1.16. The average molecular weight is 343 g/mol. The van der Waals surface area contributed by atoms with Gasteiger partial charge in [0.25, 0.3) is 5.91 Å². The number of carbonyl (C=O) groups is 1. The van der Waals surface area contributed by atoms with Crippen molar-refractivity contribution in [3.8, 4) is 17.2 Å². The minimum absolute atomic E-state index is 0.109. The van der Waals surface area contributed by atoms with E-state index in [1.165, 1.54) is 0 Å². The second kappa shape index (κ2) is 8.97. The van der Waals surface area contributed by atoms with Gasteiger partial charge in [0.1, 0.15) is 17.2 Å². The Labute approximate surface area is 148 Å². The minimum atomic E-state index is -0.232. The Hall–Kier alpha value is -2.69. The number of anilines is 1. The quantitative estimate of drug-likeness (QED) is 0.765. The van der Waals surface area contributed by atoms with Gasteiger partial charge in [0.15, 0.2) is 0 Å². The van der Waals surface area contributed by atoms with Crippen molar-refractivity contribution in [2.45, 2.75) is 33.8 Å². The van der Waals surface area contributed by atoms with Crippen LogP contribution >= 0.6 is 0 Å². The topological polar surface area (TPSA) is 56.8 Å². The lowest BCUT2D eigenvalue weighted by atomic mass is 10.1. The third kappa shape index (κ3) is 5.41. The van der Waals surface area contributed by atoms with Crippen molar-refractivity contribution in [3.63, 3.8) is 0 Å². The van der Waals surface area contributed by atoms with E-state index in [0.717, 1.165) is 5.75 Å². The summed E-state index contributed by atoms with van der Waals surface area (Å²) in [5.74, 6) is 1.72. The summed E-state index contributed by atoms with van der Waals surface area (Å²) in [4.78, 5) is 12.6. The van der Waals surface area contributed by atoms with Gasteiger partial charge in [0, 0.05) is 11.8 Å². The first-order valence-electron chi connectivity index (χ1n) is 8.51. The smallest absolute Gasteiger partial charge is 0.259 e. The molecular formula is C20H25NO4. The van der Waals surface area contributed by atoms with Crippen LogP contribution in [0.4, 0.5) is 5.69 Å². The number of rotatable bonds is 8. The van der Waals surface area contributed by atoms with Gasteiger partial charge >= 0.3 is 0 Å². The highest BCUT2D eigenvalue weighted by molar-refractivity contribution is 6.06. The molecule has 0 unspecified atom stereocenters. The molecule has 0 radical (unpaired) electrons. The first-order chi connectivity index (χ1) is 12.0. The summed E-state index contributed by atoms with van der Waals surface area (Å²) in [5, 5.41) is 2.87. The molecule has 0 aliphatic heterocycles. The Morgan fingerprint density at radius 2 is 1.60 bits per heavy atom. The van der Waals surface area contributed by atoms with E-state index in [0.29, 0.717) is 36.0 Å². The van der Waals surface area contributed by atoms with Gasteiger partial charge in [-0.3, -0.25) is 4.79 Å². The number of nitrogens with one attached hydrogen (secondary N) is 1. The molecule has 0 aromatic heterocycles. The highest BCUT2D eigenvalue weighted by Crippen LogP contribution is 2.26. The molecule has 2 aromatic carbocycles. The van der Waals surface area contributed by atoms with E-state index in [1.807, 2.05) is 52.0 Å². The summed E-state index contributed by atoms with van der Waals surface area (Å²) < 4.78 is 16.6. The van der Waals surface area contributed by atoms with Crippen LogP contribution in [0.3, 0.4) is 0 Å². The van der Waals surface area contributed by atoms with Gasteiger partial charge in [0.2, 0.25) is 0 Å². The van der Waals surface area contributed by atoms with Crippen molar-refractivity contribution >= 4 is 11.6 Å². The monoisotopic (exact) mass is 343 g/mol. The fraction of sp³-hybridized carbons (Fsp3) is 0.350. The maximum atomic E-state index is 12.6. The largest absolute Gasteiger partial charge is 0.494 e. The van der Waals surface area contributed by atoms with Crippen LogP contribution in [0.2, 0.25) is 0 Å². The van der Waals surface area contributed by atoms with Gasteiger partial charge in [-0.15, -0.1) is 0 Å². The molecule has 0 bridgehead atoms. The van der Waals surface area contributed by atoms with Crippen molar-refractivity contribution in [2.24, 2.45) is 0 Å². The lowest BCUT2D eigenvalue weighted by molar-refractivity contribution is 0.102. The fourth-order valence-corrected chi connectivity index (χ4v) is 2.31. The van der Waals surface area contributed by atoms with Crippen molar-refractivity contribution in [1.29, 1.82) is 0 Å². The normalized spacial score (nSPS) is 10.4. The molecular weight excluding hydrogens is 318 g/mol. The third-order valence-corrected chi connectivity index (χ3v) is 3.29. The lowest BCUT2D eigenvalue weighted by Crippen LogP contribution is -2.14. The number of amides is 1. The average Bonchev–Trinajstić information content (AvgIpc) is 2.57. The zero-order chi connectivity index (χ0) is 18.2. The molecule has 2 rings (SSSR count). The second-order valence-electron chi connectivity index (χ2n) is 5.67. The number of ether oxygens (including phenoxy) is 3. The van der Waals surface area contributed by atoms with Gasteiger partial charge in [0.05, 0.1) is 24.9 Å². The SMILES string of the molecule is CCOc1ccc(C(=O)Nc2ccc(OC(C)C)cc2)c(OCC)c1. The molecule has 134 valence electrons. The van der Waals surface area contributed by atoms with Gasteiger partial charge < -0.3 is 19.5 Å². The summed E-state index contributed by atoms with van der Waals surface area (Å²) in [6, 6.07) is 12.5. The van der Waals surface area contributed by atoms with Crippen LogP contribution in [0.5, 0.6) is 17.2 Å². The van der Waals surface area contributed by atoms with E-state index in [4.69, 9.17) is 14.2 Å². The Bertz CT molecular complexity index is 695. The molecule has 5 nitrogen and oxygen atoms in total. The molecule has 0 saturated heterocycles. The first-order valence-corrected chi connectivity index (χ1v) is 8.51. The van der Waals surface area contributed by atoms with Crippen LogP contribution < -0.4 is 19.5 Å². The summed E-state index contributed by atoms with van der Waals surface area (Å²) in [6.07, 6.45) is 0.109. The minimum Gasteiger partial charge on any atom is -0.494 e. The number of hydrogen-bond acceptors (Lipinski definition) is 4. The van der Waals surface area contributed by atoms with E-state index in [-0.39, 0.29) is 12.0 Å². The first kappa shape index (κ1) is 18.6. The third-order valence-electron chi connectivity index (χ3n) is 3.29. The summed E-state index contributed by atoms with van der Waals surface area (Å²) in [7, 11) is 0. The highest BCUT2D eigenvalue weighted by Gasteiger charge is 2.14. The van der Waals surface area contributed by atoms with Gasteiger partial charge in [-0.05, 0) is 64.1 Å². The summed E-state index contributed by atoms with van der Waals surface area (Å²) >= 11 is 0. The molecule has 0 spiro atoms. The molecule has 0 aliphatic carbocycles. The molecule has 0 atom stereocenters. The maximum Gasteiger partial charge on any atom is 0.259 e. The molecule has 0 saturated carbocycles. The lowest BCUT2D eigenvalue weighted by Gasteiger charge is -2.13. The van der Waals surface area contributed by atoms with E-state index in [9.17, 15) is 4.79 Å².